The van der Waals surface area contributed by atoms with Gasteiger partial charge in [0.1, 0.15) is 11.3 Å². The largest absolute Gasteiger partial charge is 0.503 e. The summed E-state index contributed by atoms with van der Waals surface area (Å²) in [4.78, 5) is 53.3. The molecule has 1 aliphatic rings. The lowest BCUT2D eigenvalue weighted by atomic mass is 9.95. The second-order valence-electron chi connectivity index (χ2n) is 7.23. The van der Waals surface area contributed by atoms with Crippen molar-refractivity contribution in [3.8, 4) is 0 Å². The van der Waals surface area contributed by atoms with Crippen LogP contribution >= 0.6 is 0 Å². The normalized spacial score (nSPS) is 16.1. The van der Waals surface area contributed by atoms with Crippen LogP contribution in [0.2, 0.25) is 0 Å². The van der Waals surface area contributed by atoms with E-state index in [1.165, 1.54) is 42.9 Å². The molecule has 0 saturated carbocycles. The molecule has 1 aliphatic heterocycles. The van der Waals surface area contributed by atoms with Crippen molar-refractivity contribution < 1.29 is 24.0 Å². The van der Waals surface area contributed by atoms with E-state index >= 15 is 0 Å². The van der Waals surface area contributed by atoms with Crippen LogP contribution in [0.1, 0.15) is 27.9 Å². The molecule has 0 aliphatic carbocycles. The Bertz CT molecular complexity index is 1470. The Morgan fingerprint density at radius 2 is 1.97 bits per heavy atom. The summed E-state index contributed by atoms with van der Waals surface area (Å²) in [5.74, 6) is -2.08. The molecule has 1 amide bonds. The number of rotatable bonds is 5. The zero-order chi connectivity index (χ0) is 23.3. The molecule has 12 heteroatoms. The van der Waals surface area contributed by atoms with E-state index in [0.29, 0.717) is 22.5 Å². The molecule has 0 radical (unpaired) electrons. The summed E-state index contributed by atoms with van der Waals surface area (Å²) in [6.45, 7) is 1.65. The Morgan fingerprint density at radius 3 is 2.64 bits per heavy atom. The Hall–Kier alpha value is -4.87. The number of anilines is 1. The van der Waals surface area contributed by atoms with Gasteiger partial charge in [-0.25, -0.2) is 9.97 Å². The van der Waals surface area contributed by atoms with Crippen LogP contribution < -0.4 is 4.90 Å². The van der Waals surface area contributed by atoms with Crippen molar-refractivity contribution in [2.45, 2.75) is 13.0 Å². The van der Waals surface area contributed by atoms with Crippen LogP contribution in [0, 0.1) is 17.0 Å². The quantitative estimate of drug-likeness (QED) is 0.266. The monoisotopic (exact) mass is 446 g/mol. The van der Waals surface area contributed by atoms with Crippen LogP contribution in [0.4, 0.5) is 11.6 Å². The number of aliphatic hydroxyl groups is 1. The van der Waals surface area contributed by atoms with E-state index in [-0.39, 0.29) is 23.0 Å². The minimum atomic E-state index is -1.16. The number of nitro benzene ring substituents is 1. The number of Topliss-reactive ketones (excluding diaryl/α,β-unsaturated/α-hetero) is 1. The van der Waals surface area contributed by atoms with Gasteiger partial charge in [-0.15, -0.1) is 0 Å². The van der Waals surface area contributed by atoms with E-state index in [1.807, 2.05) is 0 Å². The Kier molecular flexibility index (Phi) is 4.48. The number of hydrogen-bond donors (Lipinski definition) is 2. The first-order chi connectivity index (χ1) is 15.8. The first-order valence-corrected chi connectivity index (χ1v) is 9.63. The van der Waals surface area contributed by atoms with E-state index in [1.54, 1.807) is 13.0 Å². The van der Waals surface area contributed by atoms with E-state index < -0.39 is 28.4 Å². The first kappa shape index (κ1) is 20.1. The van der Waals surface area contributed by atoms with Gasteiger partial charge in [0.15, 0.2) is 17.2 Å². The third-order valence-electron chi connectivity index (χ3n) is 5.21. The molecule has 0 spiro atoms. The fourth-order valence-electron chi connectivity index (χ4n) is 3.67. The maximum Gasteiger partial charge on any atom is 0.296 e. The average molecular weight is 446 g/mol. The van der Waals surface area contributed by atoms with Gasteiger partial charge in [0.2, 0.25) is 11.7 Å². The predicted octanol–water partition coefficient (Wildman–Crippen LogP) is 2.95. The first-order valence-electron chi connectivity index (χ1n) is 9.63. The topological polar surface area (TPSA) is 168 Å². The van der Waals surface area contributed by atoms with Crippen molar-refractivity contribution >= 4 is 34.5 Å². The number of benzene rings is 1. The molecular formula is C21H14N6O6. The summed E-state index contributed by atoms with van der Waals surface area (Å²) in [7, 11) is 0. The van der Waals surface area contributed by atoms with Crippen LogP contribution in [0.15, 0.2) is 64.7 Å². The highest BCUT2D eigenvalue weighted by Gasteiger charge is 2.46. The van der Waals surface area contributed by atoms with E-state index in [0.717, 1.165) is 4.90 Å². The molecule has 0 saturated heterocycles. The molecule has 3 aromatic heterocycles. The van der Waals surface area contributed by atoms with Crippen molar-refractivity contribution in [1.82, 2.24) is 19.9 Å². The van der Waals surface area contributed by atoms with Gasteiger partial charge in [0.05, 0.1) is 29.1 Å². The third-order valence-corrected chi connectivity index (χ3v) is 5.21. The number of aliphatic hydroxyl groups excluding tert-OH is 1. The minimum absolute atomic E-state index is 0.0689. The number of nitrogens with zero attached hydrogens (tertiary/aromatic N) is 5. The van der Waals surface area contributed by atoms with Crippen molar-refractivity contribution in [3.63, 3.8) is 0 Å². The van der Waals surface area contributed by atoms with Crippen LogP contribution in [0.5, 0.6) is 0 Å². The zero-order valence-electron chi connectivity index (χ0n) is 16.9. The number of fused-ring (bicyclic) bond motifs is 1. The molecule has 0 bridgehead atoms. The maximum absolute atomic E-state index is 13.3. The molecule has 2 N–H and O–H groups in total. The molecule has 33 heavy (non-hydrogen) atoms. The van der Waals surface area contributed by atoms with Gasteiger partial charge in [0.25, 0.3) is 11.6 Å². The highest BCUT2D eigenvalue weighted by atomic mass is 16.6. The van der Waals surface area contributed by atoms with Gasteiger partial charge in [-0.2, -0.15) is 4.98 Å². The number of aromatic amines is 1. The summed E-state index contributed by atoms with van der Waals surface area (Å²) in [5, 5.41) is 21.8. The summed E-state index contributed by atoms with van der Waals surface area (Å²) in [6, 6.07) is 7.14. The summed E-state index contributed by atoms with van der Waals surface area (Å²) in [6.07, 6.45) is 2.80. The number of amides is 1. The highest BCUT2D eigenvalue weighted by Crippen LogP contribution is 2.41. The standard InChI is InChI=1S/C21H14N6O6/c1-10-2-7-14(33-10)17(28)15-16(11-3-5-12(6-4-11)27(31)32)26(20(30)18(15)29)21-22-8-13-19(25-21)24-9-23-13/h2-9,16,29H,1H3,(H,22,23,24,25). The minimum Gasteiger partial charge on any atom is -0.503 e. The lowest BCUT2D eigenvalue weighted by Crippen LogP contribution is -2.32. The molecular weight excluding hydrogens is 432 g/mol. The van der Waals surface area contributed by atoms with Crippen molar-refractivity contribution in [1.29, 1.82) is 0 Å². The number of aromatic nitrogens is 4. The number of carbonyl (C=O) groups is 2. The fourth-order valence-corrected chi connectivity index (χ4v) is 3.67. The molecule has 164 valence electrons. The molecule has 5 rings (SSSR count). The maximum atomic E-state index is 13.3. The Labute approximate surface area is 184 Å². The van der Waals surface area contributed by atoms with Crippen LogP contribution in [0.25, 0.3) is 11.2 Å². The molecule has 1 unspecified atom stereocenters. The number of carbonyl (C=O) groups excluding carboxylic acids is 2. The molecule has 1 aromatic carbocycles. The summed E-state index contributed by atoms with van der Waals surface area (Å²) < 4.78 is 5.41. The SMILES string of the molecule is Cc1ccc(C(=O)C2=C(O)C(=O)N(c3ncc4nc[nH]c4n3)C2c2ccc([N+](=O)[O-])cc2)o1. The molecule has 4 heterocycles. The van der Waals surface area contributed by atoms with Gasteiger partial charge >= 0.3 is 0 Å². The van der Waals surface area contributed by atoms with Gasteiger partial charge in [-0.05, 0) is 36.8 Å². The number of imidazole rings is 1. The second-order valence-corrected chi connectivity index (χ2v) is 7.23. The summed E-state index contributed by atoms with van der Waals surface area (Å²) in [5.41, 5.74) is 0.704. The fraction of sp³-hybridized carbons (Fsp3) is 0.0952. The van der Waals surface area contributed by atoms with E-state index in [2.05, 4.69) is 19.9 Å². The predicted molar refractivity (Wildman–Crippen MR) is 112 cm³/mol. The van der Waals surface area contributed by atoms with Gasteiger partial charge in [-0.3, -0.25) is 24.6 Å². The smallest absolute Gasteiger partial charge is 0.296 e. The molecule has 1 atom stereocenters. The lowest BCUT2D eigenvalue weighted by molar-refractivity contribution is -0.384. The molecule has 12 nitrogen and oxygen atoms in total. The van der Waals surface area contributed by atoms with Gasteiger partial charge < -0.3 is 14.5 Å². The molecule has 0 fully saturated rings. The van der Waals surface area contributed by atoms with Gasteiger partial charge in [-0.1, -0.05) is 0 Å². The number of hydrogen-bond acceptors (Lipinski definition) is 9. The van der Waals surface area contributed by atoms with Gasteiger partial charge in [0, 0.05) is 12.1 Å². The number of nitrogens with one attached hydrogen (secondary N) is 1. The number of furan rings is 1. The van der Waals surface area contributed by atoms with E-state index in [9.17, 15) is 24.8 Å². The van der Waals surface area contributed by atoms with Crippen LogP contribution in [-0.4, -0.2) is 41.7 Å². The highest BCUT2D eigenvalue weighted by molar-refractivity contribution is 6.19. The van der Waals surface area contributed by atoms with Crippen LogP contribution in [-0.2, 0) is 4.79 Å². The lowest BCUT2D eigenvalue weighted by Gasteiger charge is -2.24. The summed E-state index contributed by atoms with van der Waals surface area (Å²) >= 11 is 0. The van der Waals surface area contributed by atoms with Crippen molar-refractivity contribution in [2.24, 2.45) is 0 Å². The second kappa shape index (κ2) is 7.37. The number of aryl methyl sites for hydroxylation is 1. The number of non-ortho nitro benzene ring substituents is 1. The third kappa shape index (κ3) is 3.20. The Morgan fingerprint density at radius 1 is 1.21 bits per heavy atom. The average Bonchev–Trinajstić information content (AvgIpc) is 3.51. The van der Waals surface area contributed by atoms with Crippen LogP contribution in [0.3, 0.4) is 0 Å². The number of H-pyrrole nitrogens is 1. The number of ketones is 1. The zero-order valence-corrected chi connectivity index (χ0v) is 16.9. The number of nitro groups is 1. The molecule has 4 aromatic rings. The van der Waals surface area contributed by atoms with E-state index in [4.69, 9.17) is 4.42 Å². The Balaban J connectivity index is 1.67. The van der Waals surface area contributed by atoms with Crippen molar-refractivity contribution in [3.05, 3.63) is 87.5 Å². The van der Waals surface area contributed by atoms with Crippen molar-refractivity contribution in [2.75, 3.05) is 4.90 Å².